The lowest BCUT2D eigenvalue weighted by Gasteiger charge is -2.16. The number of carbonyl (C=O) groups is 1. The highest BCUT2D eigenvalue weighted by Gasteiger charge is 2.34. The third-order valence-corrected chi connectivity index (χ3v) is 5.67. The summed E-state index contributed by atoms with van der Waals surface area (Å²) in [7, 11) is 5.00. The summed E-state index contributed by atoms with van der Waals surface area (Å²) in [6.07, 6.45) is 3.70. The van der Waals surface area contributed by atoms with Gasteiger partial charge in [0.1, 0.15) is 5.56 Å². The second kappa shape index (κ2) is 8.02. The van der Waals surface area contributed by atoms with Gasteiger partial charge in [-0.3, -0.25) is 4.79 Å². The molecule has 29 heavy (non-hydrogen) atoms. The Morgan fingerprint density at radius 1 is 1.38 bits per heavy atom. The molecular weight excluding hydrogens is 375 g/mol. The summed E-state index contributed by atoms with van der Waals surface area (Å²) in [5, 5.41) is 7.12. The summed E-state index contributed by atoms with van der Waals surface area (Å²) in [6.45, 7) is 2.77. The van der Waals surface area contributed by atoms with Gasteiger partial charge in [-0.05, 0) is 49.9 Å². The SMILES string of the molecule is COc1cc(-c2onc(N(C)C)c2C(=O)NCC2CCN(C3CC3)C2)ccc1F. The number of aromatic nitrogens is 1. The zero-order valence-electron chi connectivity index (χ0n) is 17.1. The summed E-state index contributed by atoms with van der Waals surface area (Å²) in [5.41, 5.74) is 0.885. The smallest absolute Gasteiger partial charge is 0.259 e. The largest absolute Gasteiger partial charge is 0.494 e. The van der Waals surface area contributed by atoms with E-state index in [1.165, 1.54) is 32.1 Å². The van der Waals surface area contributed by atoms with Crippen LogP contribution in [0.25, 0.3) is 11.3 Å². The number of amides is 1. The lowest BCUT2D eigenvalue weighted by molar-refractivity contribution is 0.0948. The molecule has 1 N–H and O–H groups in total. The zero-order chi connectivity index (χ0) is 20.5. The van der Waals surface area contributed by atoms with Crippen LogP contribution in [0.4, 0.5) is 10.2 Å². The summed E-state index contributed by atoms with van der Waals surface area (Å²) in [5.74, 6) is 0.566. The topological polar surface area (TPSA) is 70.8 Å². The fraction of sp³-hybridized carbons (Fsp3) is 0.524. The average Bonchev–Trinajstić information content (AvgIpc) is 3.27. The van der Waals surface area contributed by atoms with Gasteiger partial charge in [0, 0.05) is 38.8 Å². The Kier molecular flexibility index (Phi) is 5.45. The van der Waals surface area contributed by atoms with Crippen molar-refractivity contribution in [3.05, 3.63) is 29.6 Å². The molecule has 156 valence electrons. The second-order valence-electron chi connectivity index (χ2n) is 8.04. The fourth-order valence-electron chi connectivity index (χ4n) is 3.92. The first kappa shape index (κ1) is 19.7. The molecule has 2 fully saturated rings. The molecule has 7 nitrogen and oxygen atoms in total. The quantitative estimate of drug-likeness (QED) is 0.768. The van der Waals surface area contributed by atoms with Gasteiger partial charge in [0.15, 0.2) is 23.1 Å². The van der Waals surface area contributed by atoms with Crippen LogP contribution in [-0.4, -0.2) is 62.8 Å². The Morgan fingerprint density at radius 3 is 2.86 bits per heavy atom. The van der Waals surface area contributed by atoms with Crippen molar-refractivity contribution < 1.29 is 18.4 Å². The Labute approximate surface area is 169 Å². The molecule has 1 aromatic carbocycles. The molecule has 1 unspecified atom stereocenters. The van der Waals surface area contributed by atoms with Crippen molar-refractivity contribution in [2.75, 3.05) is 45.7 Å². The van der Waals surface area contributed by atoms with Crippen molar-refractivity contribution in [3.8, 4) is 17.1 Å². The minimum absolute atomic E-state index is 0.0859. The van der Waals surface area contributed by atoms with E-state index in [9.17, 15) is 9.18 Å². The number of hydrogen-bond acceptors (Lipinski definition) is 6. The number of hydrogen-bond donors (Lipinski definition) is 1. The van der Waals surface area contributed by atoms with Crippen LogP contribution in [0.5, 0.6) is 5.75 Å². The molecule has 4 rings (SSSR count). The van der Waals surface area contributed by atoms with Gasteiger partial charge in [0.05, 0.1) is 7.11 Å². The summed E-state index contributed by atoms with van der Waals surface area (Å²) in [4.78, 5) is 17.3. The molecule has 2 heterocycles. The highest BCUT2D eigenvalue weighted by molar-refractivity contribution is 6.04. The van der Waals surface area contributed by atoms with Gasteiger partial charge >= 0.3 is 0 Å². The molecule has 1 aliphatic heterocycles. The Morgan fingerprint density at radius 2 is 2.17 bits per heavy atom. The summed E-state index contributed by atoms with van der Waals surface area (Å²) < 4.78 is 24.4. The predicted molar refractivity (Wildman–Crippen MR) is 108 cm³/mol. The van der Waals surface area contributed by atoms with Crippen LogP contribution < -0.4 is 15.0 Å². The number of likely N-dealkylation sites (tertiary alicyclic amines) is 1. The number of anilines is 1. The highest BCUT2D eigenvalue weighted by Crippen LogP contribution is 2.34. The fourth-order valence-corrected chi connectivity index (χ4v) is 3.92. The van der Waals surface area contributed by atoms with E-state index in [1.807, 2.05) is 0 Å². The number of benzene rings is 1. The number of nitrogens with one attached hydrogen (secondary N) is 1. The number of nitrogens with zero attached hydrogens (tertiary/aromatic N) is 3. The van der Waals surface area contributed by atoms with Crippen LogP contribution in [0, 0.1) is 11.7 Å². The van der Waals surface area contributed by atoms with Crippen molar-refractivity contribution in [1.29, 1.82) is 0 Å². The predicted octanol–water partition coefficient (Wildman–Crippen LogP) is 2.77. The van der Waals surface area contributed by atoms with Crippen molar-refractivity contribution in [2.24, 2.45) is 5.92 Å². The molecular formula is C21H27FN4O3. The molecule has 1 amide bonds. The molecule has 1 aromatic heterocycles. The molecule has 2 aromatic rings. The van der Waals surface area contributed by atoms with Crippen LogP contribution in [0.1, 0.15) is 29.6 Å². The number of carbonyl (C=O) groups excluding carboxylic acids is 1. The number of methoxy groups -OCH3 is 1. The Balaban J connectivity index is 1.53. The first-order chi connectivity index (χ1) is 14.0. The highest BCUT2D eigenvalue weighted by atomic mass is 19.1. The molecule has 0 bridgehead atoms. The van der Waals surface area contributed by atoms with Crippen molar-refractivity contribution in [1.82, 2.24) is 15.4 Å². The lowest BCUT2D eigenvalue weighted by Crippen LogP contribution is -2.32. The molecule has 8 heteroatoms. The maximum absolute atomic E-state index is 13.8. The zero-order valence-corrected chi connectivity index (χ0v) is 17.1. The van der Waals surface area contributed by atoms with Gasteiger partial charge in [-0.1, -0.05) is 5.16 Å². The molecule has 0 radical (unpaired) electrons. The minimum atomic E-state index is -0.476. The first-order valence-electron chi connectivity index (χ1n) is 10.0. The standard InChI is InChI=1S/C21H27FN4O3/c1-25(2)20-18(19(29-24-20)14-4-7-16(22)17(10-14)28-3)21(27)23-11-13-8-9-26(12-13)15-5-6-15/h4,7,10,13,15H,5-6,8-9,11-12H2,1-3H3,(H,23,27). The van der Waals surface area contributed by atoms with E-state index in [2.05, 4.69) is 15.4 Å². The van der Waals surface area contributed by atoms with E-state index in [-0.39, 0.29) is 11.7 Å². The molecule has 1 atom stereocenters. The van der Waals surface area contributed by atoms with Gasteiger partial charge < -0.3 is 24.4 Å². The number of rotatable bonds is 7. The van der Waals surface area contributed by atoms with E-state index >= 15 is 0 Å². The van der Waals surface area contributed by atoms with Crippen LogP contribution in [0.2, 0.25) is 0 Å². The van der Waals surface area contributed by atoms with Crippen molar-refractivity contribution in [2.45, 2.75) is 25.3 Å². The molecule has 2 aliphatic rings. The van der Waals surface area contributed by atoms with E-state index in [0.29, 0.717) is 35.2 Å². The first-order valence-corrected chi connectivity index (χ1v) is 10.0. The van der Waals surface area contributed by atoms with E-state index in [1.54, 1.807) is 25.1 Å². The Bertz CT molecular complexity index is 894. The monoisotopic (exact) mass is 402 g/mol. The van der Waals surface area contributed by atoms with Gasteiger partial charge in [-0.2, -0.15) is 0 Å². The lowest BCUT2D eigenvalue weighted by atomic mass is 10.1. The maximum atomic E-state index is 13.8. The Hall–Kier alpha value is -2.61. The van der Waals surface area contributed by atoms with Gasteiger partial charge in [0.25, 0.3) is 5.91 Å². The van der Waals surface area contributed by atoms with Crippen LogP contribution >= 0.6 is 0 Å². The van der Waals surface area contributed by atoms with Gasteiger partial charge in [-0.25, -0.2) is 4.39 Å². The minimum Gasteiger partial charge on any atom is -0.494 e. The van der Waals surface area contributed by atoms with Crippen LogP contribution in [-0.2, 0) is 0 Å². The maximum Gasteiger partial charge on any atom is 0.259 e. The third kappa shape index (κ3) is 4.07. The van der Waals surface area contributed by atoms with Crippen LogP contribution in [0.15, 0.2) is 22.7 Å². The molecule has 1 saturated carbocycles. The molecule has 1 aliphatic carbocycles. The second-order valence-corrected chi connectivity index (χ2v) is 8.04. The molecule has 1 saturated heterocycles. The van der Waals surface area contributed by atoms with E-state index < -0.39 is 5.82 Å². The van der Waals surface area contributed by atoms with Crippen molar-refractivity contribution >= 4 is 11.7 Å². The summed E-state index contributed by atoms with van der Waals surface area (Å²) >= 11 is 0. The summed E-state index contributed by atoms with van der Waals surface area (Å²) in [6, 6.07) is 5.11. The van der Waals surface area contributed by atoms with E-state index in [0.717, 1.165) is 25.6 Å². The third-order valence-electron chi connectivity index (χ3n) is 5.67. The number of halogens is 1. The average molecular weight is 402 g/mol. The van der Waals surface area contributed by atoms with Gasteiger partial charge in [-0.15, -0.1) is 0 Å². The van der Waals surface area contributed by atoms with Crippen LogP contribution in [0.3, 0.4) is 0 Å². The molecule has 0 spiro atoms. The normalized spacial score (nSPS) is 19.4. The van der Waals surface area contributed by atoms with Gasteiger partial charge in [0.2, 0.25) is 0 Å². The number of ether oxygens (including phenoxy) is 1. The van der Waals surface area contributed by atoms with E-state index in [4.69, 9.17) is 9.26 Å². The van der Waals surface area contributed by atoms with Crippen molar-refractivity contribution in [3.63, 3.8) is 0 Å².